The summed E-state index contributed by atoms with van der Waals surface area (Å²) in [5.74, 6) is 0.745. The Balaban J connectivity index is 2.03. The molecule has 0 aliphatic heterocycles. The van der Waals surface area contributed by atoms with Gasteiger partial charge in [0, 0.05) is 16.9 Å². The van der Waals surface area contributed by atoms with Gasteiger partial charge in [-0.15, -0.1) is 0 Å². The fourth-order valence-electron chi connectivity index (χ4n) is 2.52. The van der Waals surface area contributed by atoms with Crippen molar-refractivity contribution in [2.24, 2.45) is 0 Å². The van der Waals surface area contributed by atoms with Gasteiger partial charge >= 0.3 is 0 Å². The topological polar surface area (TPSA) is 68.1 Å². The molecule has 6 heteroatoms. The molecule has 0 amide bonds. The number of nitrogens with one attached hydrogen (secondary N) is 1. The zero-order valence-corrected chi connectivity index (χ0v) is 12.1. The number of nitro groups is 1. The van der Waals surface area contributed by atoms with Gasteiger partial charge < -0.3 is 5.32 Å². The molecule has 1 fully saturated rings. The molecule has 2 rings (SSSR count). The number of nitrogens with zero attached hydrogens (tertiary/aromatic N) is 2. The minimum atomic E-state index is -0.392. The van der Waals surface area contributed by atoms with Crippen molar-refractivity contribution >= 4 is 23.3 Å². The van der Waals surface area contributed by atoms with Crippen LogP contribution in [0.2, 0.25) is 0 Å². The molecule has 19 heavy (non-hydrogen) atoms. The molecule has 0 saturated heterocycles. The van der Waals surface area contributed by atoms with Gasteiger partial charge in [-0.25, -0.2) is 4.98 Å². The van der Waals surface area contributed by atoms with E-state index in [1.807, 2.05) is 11.8 Å². The molecule has 1 saturated carbocycles. The van der Waals surface area contributed by atoms with Gasteiger partial charge in [0.25, 0.3) is 5.69 Å². The standard InChI is InChI=1S/C13H19N3O2S/c1-9-6-13(14-8-12(9)16(17)18)15-10-4-3-5-11(7-10)19-2/h6,8,10-11H,3-5,7H2,1-2H3,(H,14,15). The second kappa shape index (κ2) is 6.23. The van der Waals surface area contributed by atoms with E-state index in [2.05, 4.69) is 16.6 Å². The molecule has 2 atom stereocenters. The van der Waals surface area contributed by atoms with Crippen molar-refractivity contribution in [3.63, 3.8) is 0 Å². The lowest BCUT2D eigenvalue weighted by Gasteiger charge is -2.29. The monoisotopic (exact) mass is 281 g/mol. The first-order chi connectivity index (χ1) is 9.10. The lowest BCUT2D eigenvalue weighted by atomic mass is 9.95. The number of rotatable bonds is 4. The van der Waals surface area contributed by atoms with Crippen LogP contribution in [0.3, 0.4) is 0 Å². The van der Waals surface area contributed by atoms with Crippen molar-refractivity contribution in [1.29, 1.82) is 0 Å². The maximum Gasteiger partial charge on any atom is 0.290 e. The quantitative estimate of drug-likeness (QED) is 0.677. The molecule has 1 aromatic rings. The Hall–Kier alpha value is -1.30. The summed E-state index contributed by atoms with van der Waals surface area (Å²) >= 11 is 1.92. The molecule has 1 aliphatic carbocycles. The highest BCUT2D eigenvalue weighted by molar-refractivity contribution is 7.99. The Morgan fingerprint density at radius 3 is 2.95 bits per heavy atom. The Kier molecular flexibility index (Phi) is 4.63. The van der Waals surface area contributed by atoms with E-state index in [0.29, 0.717) is 16.9 Å². The lowest BCUT2D eigenvalue weighted by Crippen LogP contribution is -2.28. The molecule has 0 bridgehead atoms. The van der Waals surface area contributed by atoms with E-state index in [0.717, 1.165) is 18.7 Å². The molecular weight excluding hydrogens is 262 g/mol. The third-order valence-electron chi connectivity index (χ3n) is 3.59. The normalized spacial score (nSPS) is 23.1. The van der Waals surface area contributed by atoms with E-state index in [4.69, 9.17) is 0 Å². The summed E-state index contributed by atoms with van der Waals surface area (Å²) in [7, 11) is 0. The van der Waals surface area contributed by atoms with Crippen LogP contribution in [0.25, 0.3) is 0 Å². The van der Waals surface area contributed by atoms with Crippen LogP contribution in [0, 0.1) is 17.0 Å². The van der Waals surface area contributed by atoms with Crippen LogP contribution in [-0.4, -0.2) is 27.5 Å². The minimum Gasteiger partial charge on any atom is -0.367 e. The zero-order chi connectivity index (χ0) is 13.8. The molecule has 1 aliphatic rings. The van der Waals surface area contributed by atoms with Gasteiger partial charge in [0.2, 0.25) is 0 Å². The molecular formula is C13H19N3O2S. The first-order valence-electron chi connectivity index (χ1n) is 6.50. The first-order valence-corrected chi connectivity index (χ1v) is 7.79. The molecule has 0 aromatic carbocycles. The van der Waals surface area contributed by atoms with E-state index in [1.54, 1.807) is 13.0 Å². The maximum atomic E-state index is 10.7. The predicted octanol–water partition coefficient (Wildman–Crippen LogP) is 3.38. The number of pyridine rings is 1. The van der Waals surface area contributed by atoms with Gasteiger partial charge in [0.1, 0.15) is 12.0 Å². The fraction of sp³-hybridized carbons (Fsp3) is 0.615. The SMILES string of the molecule is CSC1CCCC(Nc2cc(C)c([N+](=O)[O-])cn2)C1. The summed E-state index contributed by atoms with van der Waals surface area (Å²) in [6.45, 7) is 1.75. The highest BCUT2D eigenvalue weighted by Crippen LogP contribution is 2.29. The molecule has 5 nitrogen and oxygen atoms in total. The molecule has 1 N–H and O–H groups in total. The van der Waals surface area contributed by atoms with Crippen molar-refractivity contribution < 1.29 is 4.92 Å². The van der Waals surface area contributed by atoms with Crippen molar-refractivity contribution in [1.82, 2.24) is 4.98 Å². The van der Waals surface area contributed by atoms with Crippen LogP contribution >= 0.6 is 11.8 Å². The highest BCUT2D eigenvalue weighted by Gasteiger charge is 2.22. The number of aromatic nitrogens is 1. The molecule has 2 unspecified atom stereocenters. The van der Waals surface area contributed by atoms with Gasteiger partial charge in [-0.3, -0.25) is 10.1 Å². The fourth-order valence-corrected chi connectivity index (χ4v) is 3.35. The van der Waals surface area contributed by atoms with E-state index in [-0.39, 0.29) is 5.69 Å². The number of hydrogen-bond acceptors (Lipinski definition) is 5. The minimum absolute atomic E-state index is 0.0798. The Morgan fingerprint density at radius 2 is 2.32 bits per heavy atom. The smallest absolute Gasteiger partial charge is 0.290 e. The first kappa shape index (κ1) is 14.1. The second-order valence-corrected chi connectivity index (χ2v) is 6.12. The van der Waals surface area contributed by atoms with Gasteiger partial charge in [-0.05, 0) is 38.5 Å². The van der Waals surface area contributed by atoms with Gasteiger partial charge in [-0.2, -0.15) is 11.8 Å². The summed E-state index contributed by atoms with van der Waals surface area (Å²) in [6, 6.07) is 2.19. The number of hydrogen-bond donors (Lipinski definition) is 1. The van der Waals surface area contributed by atoms with Gasteiger partial charge in [0.05, 0.1) is 4.92 Å². The van der Waals surface area contributed by atoms with E-state index >= 15 is 0 Å². The third-order valence-corrected chi connectivity index (χ3v) is 4.69. The largest absolute Gasteiger partial charge is 0.367 e. The summed E-state index contributed by atoms with van der Waals surface area (Å²) < 4.78 is 0. The van der Waals surface area contributed by atoms with Crippen molar-refractivity contribution in [3.8, 4) is 0 Å². The van der Waals surface area contributed by atoms with Crippen molar-refractivity contribution in [2.45, 2.75) is 43.9 Å². The van der Waals surface area contributed by atoms with E-state index in [9.17, 15) is 10.1 Å². The van der Waals surface area contributed by atoms with Crippen LogP contribution in [0.1, 0.15) is 31.2 Å². The predicted molar refractivity (Wildman–Crippen MR) is 78.8 cm³/mol. The maximum absolute atomic E-state index is 10.7. The average molecular weight is 281 g/mol. The molecule has 0 radical (unpaired) electrons. The highest BCUT2D eigenvalue weighted by atomic mass is 32.2. The Bertz CT molecular complexity index is 467. The van der Waals surface area contributed by atoms with Gasteiger partial charge in [-0.1, -0.05) is 6.42 Å². The Labute approximate surface area is 117 Å². The molecule has 1 aromatic heterocycles. The van der Waals surface area contributed by atoms with Crippen LogP contribution in [-0.2, 0) is 0 Å². The number of anilines is 1. The molecule has 104 valence electrons. The summed E-state index contributed by atoms with van der Waals surface area (Å²) in [5, 5.41) is 14.9. The van der Waals surface area contributed by atoms with Crippen LogP contribution in [0.4, 0.5) is 11.5 Å². The van der Waals surface area contributed by atoms with Crippen LogP contribution in [0.15, 0.2) is 12.3 Å². The summed E-state index contributed by atoms with van der Waals surface area (Å²) in [6.07, 6.45) is 8.29. The summed E-state index contributed by atoms with van der Waals surface area (Å²) in [5.41, 5.74) is 0.732. The van der Waals surface area contributed by atoms with Crippen molar-refractivity contribution in [3.05, 3.63) is 27.9 Å². The molecule has 0 spiro atoms. The average Bonchev–Trinajstić information content (AvgIpc) is 2.38. The number of thioether (sulfide) groups is 1. The van der Waals surface area contributed by atoms with E-state index < -0.39 is 4.92 Å². The van der Waals surface area contributed by atoms with Crippen LogP contribution < -0.4 is 5.32 Å². The van der Waals surface area contributed by atoms with Crippen molar-refractivity contribution in [2.75, 3.05) is 11.6 Å². The zero-order valence-electron chi connectivity index (χ0n) is 11.3. The number of aryl methyl sites for hydroxylation is 1. The van der Waals surface area contributed by atoms with Gasteiger partial charge in [0.15, 0.2) is 0 Å². The molecule has 1 heterocycles. The van der Waals surface area contributed by atoms with Crippen LogP contribution in [0.5, 0.6) is 0 Å². The summed E-state index contributed by atoms with van der Waals surface area (Å²) in [4.78, 5) is 14.5. The lowest BCUT2D eigenvalue weighted by molar-refractivity contribution is -0.385. The van der Waals surface area contributed by atoms with E-state index in [1.165, 1.54) is 19.0 Å². The second-order valence-electron chi connectivity index (χ2n) is 4.98. The third kappa shape index (κ3) is 3.59. The Morgan fingerprint density at radius 1 is 1.53 bits per heavy atom.